The van der Waals surface area contributed by atoms with E-state index < -0.39 is 5.97 Å². The van der Waals surface area contributed by atoms with E-state index in [9.17, 15) is 4.79 Å². The first-order valence-corrected chi connectivity index (χ1v) is 10.8. The fourth-order valence-corrected chi connectivity index (χ4v) is 4.10. The number of hydrogen-bond donors (Lipinski definition) is 1. The highest BCUT2D eigenvalue weighted by molar-refractivity contribution is 5.91. The maximum atomic E-state index is 12.2. The van der Waals surface area contributed by atoms with E-state index in [1.165, 1.54) is 7.11 Å². The summed E-state index contributed by atoms with van der Waals surface area (Å²) in [7, 11) is 1.35. The topological polar surface area (TPSA) is 124 Å². The first-order valence-electron chi connectivity index (χ1n) is 10.8. The fraction of sp³-hybridized carbons (Fsp3) is 0.208. The van der Waals surface area contributed by atoms with E-state index in [0.29, 0.717) is 24.4 Å². The van der Waals surface area contributed by atoms with Crippen LogP contribution in [-0.4, -0.2) is 53.2 Å². The van der Waals surface area contributed by atoms with Crippen LogP contribution < -0.4 is 0 Å². The van der Waals surface area contributed by atoms with Crippen LogP contribution in [0.3, 0.4) is 0 Å². The largest absolute Gasteiger partial charge is 0.464 e. The third-order valence-corrected chi connectivity index (χ3v) is 5.73. The molecule has 1 aromatic carbocycles. The first kappa shape index (κ1) is 21.4. The summed E-state index contributed by atoms with van der Waals surface area (Å²) in [5, 5.41) is 14.5. The summed E-state index contributed by atoms with van der Waals surface area (Å²) >= 11 is 0. The molecule has 0 spiro atoms. The SMILES string of the molecule is CCc1nc2c(C)cc(C(=O)OC)nc2n1Cc1ccccc1-c1cnccc1-c1nn[nH]n1. The van der Waals surface area contributed by atoms with Gasteiger partial charge in [0.05, 0.1) is 13.7 Å². The number of aromatic amines is 1. The van der Waals surface area contributed by atoms with Gasteiger partial charge in [-0.05, 0) is 41.0 Å². The molecule has 0 aliphatic carbocycles. The zero-order chi connectivity index (χ0) is 23.7. The van der Waals surface area contributed by atoms with Gasteiger partial charge in [-0.25, -0.2) is 14.8 Å². The summed E-state index contributed by atoms with van der Waals surface area (Å²) < 4.78 is 6.95. The predicted molar refractivity (Wildman–Crippen MR) is 125 cm³/mol. The van der Waals surface area contributed by atoms with Crippen LogP contribution >= 0.6 is 0 Å². The van der Waals surface area contributed by atoms with E-state index in [2.05, 4.69) is 48.1 Å². The lowest BCUT2D eigenvalue weighted by Crippen LogP contribution is -2.09. The number of benzene rings is 1. The molecular formula is C24H22N8O2. The number of H-pyrrole nitrogens is 1. The molecule has 34 heavy (non-hydrogen) atoms. The fourth-order valence-electron chi connectivity index (χ4n) is 4.10. The van der Waals surface area contributed by atoms with Crippen molar-refractivity contribution >= 4 is 17.1 Å². The molecule has 0 radical (unpaired) electrons. The van der Waals surface area contributed by atoms with Crippen molar-refractivity contribution in [3.63, 3.8) is 0 Å². The number of carbonyl (C=O) groups excluding carboxylic acids is 1. The van der Waals surface area contributed by atoms with Crippen LogP contribution in [0.25, 0.3) is 33.7 Å². The van der Waals surface area contributed by atoms with E-state index in [1.54, 1.807) is 18.5 Å². The summed E-state index contributed by atoms with van der Waals surface area (Å²) in [5.41, 5.74) is 6.30. The number of aryl methyl sites for hydroxylation is 2. The van der Waals surface area contributed by atoms with Gasteiger partial charge in [-0.15, -0.1) is 10.2 Å². The highest BCUT2D eigenvalue weighted by Crippen LogP contribution is 2.32. The number of rotatable bonds is 6. The number of methoxy groups -OCH3 is 1. The Morgan fingerprint density at radius 3 is 2.74 bits per heavy atom. The maximum Gasteiger partial charge on any atom is 0.356 e. The zero-order valence-corrected chi connectivity index (χ0v) is 19.0. The van der Waals surface area contributed by atoms with Gasteiger partial charge >= 0.3 is 5.97 Å². The molecular weight excluding hydrogens is 432 g/mol. The molecule has 0 saturated carbocycles. The van der Waals surface area contributed by atoms with Gasteiger partial charge in [-0.1, -0.05) is 31.2 Å². The Morgan fingerprint density at radius 2 is 1.97 bits per heavy atom. The number of carbonyl (C=O) groups is 1. The smallest absolute Gasteiger partial charge is 0.356 e. The Bertz CT molecular complexity index is 1490. The van der Waals surface area contributed by atoms with Crippen LogP contribution in [-0.2, 0) is 17.7 Å². The number of hydrogen-bond acceptors (Lipinski definition) is 8. The number of nitrogens with one attached hydrogen (secondary N) is 1. The molecule has 0 unspecified atom stereocenters. The minimum atomic E-state index is -0.476. The van der Waals surface area contributed by atoms with Crippen LogP contribution in [0.2, 0.25) is 0 Å². The van der Waals surface area contributed by atoms with Crippen LogP contribution in [0.5, 0.6) is 0 Å². The molecule has 10 nitrogen and oxygen atoms in total. The second-order valence-corrected chi connectivity index (χ2v) is 7.77. The summed E-state index contributed by atoms with van der Waals surface area (Å²) in [4.78, 5) is 26.0. The molecule has 0 fully saturated rings. The van der Waals surface area contributed by atoms with E-state index in [4.69, 9.17) is 9.72 Å². The second kappa shape index (κ2) is 8.81. The quantitative estimate of drug-likeness (QED) is 0.387. The Kier molecular flexibility index (Phi) is 5.54. The molecule has 5 rings (SSSR count). The minimum Gasteiger partial charge on any atom is -0.464 e. The van der Waals surface area contributed by atoms with Gasteiger partial charge in [0.25, 0.3) is 0 Å². The van der Waals surface area contributed by atoms with Crippen LogP contribution in [0.15, 0.2) is 48.8 Å². The third-order valence-electron chi connectivity index (χ3n) is 5.73. The van der Waals surface area contributed by atoms with Crippen molar-refractivity contribution in [1.82, 2.24) is 40.1 Å². The third kappa shape index (κ3) is 3.68. The van der Waals surface area contributed by atoms with E-state index in [1.807, 2.05) is 31.2 Å². The lowest BCUT2D eigenvalue weighted by atomic mass is 9.96. The second-order valence-electron chi connectivity index (χ2n) is 7.77. The maximum absolute atomic E-state index is 12.2. The molecule has 0 atom stereocenters. The minimum absolute atomic E-state index is 0.260. The molecule has 5 aromatic rings. The van der Waals surface area contributed by atoms with Gasteiger partial charge in [0.15, 0.2) is 11.3 Å². The van der Waals surface area contributed by atoms with Gasteiger partial charge in [0, 0.05) is 29.9 Å². The van der Waals surface area contributed by atoms with Crippen molar-refractivity contribution in [3.05, 3.63) is 71.4 Å². The van der Waals surface area contributed by atoms with Crippen LogP contribution in [0.4, 0.5) is 0 Å². The van der Waals surface area contributed by atoms with Crippen molar-refractivity contribution in [2.45, 2.75) is 26.8 Å². The summed E-state index contributed by atoms with van der Waals surface area (Å²) in [6.45, 7) is 4.48. The summed E-state index contributed by atoms with van der Waals surface area (Å²) in [6.07, 6.45) is 4.22. The van der Waals surface area contributed by atoms with Crippen molar-refractivity contribution in [1.29, 1.82) is 0 Å². The predicted octanol–water partition coefficient (Wildman–Crippen LogP) is 3.38. The number of nitrogens with zero attached hydrogens (tertiary/aromatic N) is 7. The van der Waals surface area contributed by atoms with E-state index >= 15 is 0 Å². The Morgan fingerprint density at radius 1 is 1.12 bits per heavy atom. The number of pyridine rings is 2. The number of aromatic nitrogens is 8. The molecule has 4 aromatic heterocycles. The molecule has 0 aliphatic rings. The normalized spacial score (nSPS) is 11.1. The molecule has 0 saturated heterocycles. The lowest BCUT2D eigenvalue weighted by Gasteiger charge is -2.14. The summed E-state index contributed by atoms with van der Waals surface area (Å²) in [6, 6.07) is 11.7. The van der Waals surface area contributed by atoms with Crippen molar-refractivity contribution in [2.75, 3.05) is 7.11 Å². The van der Waals surface area contributed by atoms with Crippen molar-refractivity contribution in [3.8, 4) is 22.5 Å². The molecule has 4 heterocycles. The molecule has 170 valence electrons. The average molecular weight is 454 g/mol. The van der Waals surface area contributed by atoms with Crippen LogP contribution in [0, 0.1) is 6.92 Å². The van der Waals surface area contributed by atoms with Crippen molar-refractivity contribution in [2.24, 2.45) is 0 Å². The highest BCUT2D eigenvalue weighted by Gasteiger charge is 2.20. The van der Waals surface area contributed by atoms with Crippen LogP contribution in [0.1, 0.15) is 34.4 Å². The summed E-state index contributed by atoms with van der Waals surface area (Å²) in [5.74, 6) is 0.901. The number of tetrazole rings is 1. The Hall–Kier alpha value is -4.47. The van der Waals surface area contributed by atoms with Gasteiger partial charge in [0.1, 0.15) is 11.3 Å². The lowest BCUT2D eigenvalue weighted by molar-refractivity contribution is 0.0594. The van der Waals surface area contributed by atoms with Gasteiger partial charge < -0.3 is 9.30 Å². The first-order chi connectivity index (χ1) is 16.6. The number of ether oxygens (including phenoxy) is 1. The van der Waals surface area contributed by atoms with Gasteiger partial charge in [-0.2, -0.15) is 5.21 Å². The Labute approximate surface area is 195 Å². The zero-order valence-electron chi connectivity index (χ0n) is 19.0. The highest BCUT2D eigenvalue weighted by atomic mass is 16.5. The van der Waals surface area contributed by atoms with Gasteiger partial charge in [0.2, 0.25) is 5.82 Å². The van der Waals surface area contributed by atoms with E-state index in [-0.39, 0.29) is 5.69 Å². The van der Waals surface area contributed by atoms with Gasteiger partial charge in [-0.3, -0.25) is 4.98 Å². The monoisotopic (exact) mass is 454 g/mol. The number of esters is 1. The number of imidazole rings is 1. The molecule has 0 aliphatic heterocycles. The molecule has 1 N–H and O–H groups in total. The molecule has 0 amide bonds. The molecule has 0 bridgehead atoms. The molecule has 10 heteroatoms. The average Bonchev–Trinajstić information content (AvgIpc) is 3.53. The number of fused-ring (bicyclic) bond motifs is 1. The van der Waals surface area contributed by atoms with Crippen molar-refractivity contribution < 1.29 is 9.53 Å². The standard InChI is InChI=1S/C24H22N8O2/c1-4-20-27-21-14(2)11-19(24(33)34-3)26-23(21)32(20)13-15-7-5-6-8-16(15)18-12-25-10-9-17(18)22-28-30-31-29-22/h5-12H,4,13H2,1-3H3,(H,28,29,30,31). The van der Waals surface area contributed by atoms with E-state index in [0.717, 1.165) is 39.2 Å². The Balaban J connectivity index is 1.66.